The molecule has 0 bridgehead atoms. The second-order valence-corrected chi connectivity index (χ2v) is 8.20. The summed E-state index contributed by atoms with van der Waals surface area (Å²) in [6, 6.07) is 10.2. The van der Waals surface area contributed by atoms with Gasteiger partial charge in [0.25, 0.3) is 0 Å². The van der Waals surface area contributed by atoms with Crippen molar-refractivity contribution in [2.24, 2.45) is 0 Å². The van der Waals surface area contributed by atoms with Crippen molar-refractivity contribution in [2.45, 2.75) is 25.3 Å². The molecule has 2 heterocycles. The summed E-state index contributed by atoms with van der Waals surface area (Å²) in [7, 11) is 0. The normalized spacial score (nSPS) is 13.0. The Labute approximate surface area is 145 Å². The van der Waals surface area contributed by atoms with Gasteiger partial charge in [-0.3, -0.25) is 0 Å². The molecule has 0 aliphatic rings. The van der Waals surface area contributed by atoms with E-state index in [1.165, 1.54) is 4.88 Å². The first-order chi connectivity index (χ1) is 10.0. The standard InChI is InChI=1S/C15H13BrCl2N2S/c1-9(17)15-19-12-8-10(16)2-4-13(12)20(15)7-6-11-3-5-14(18)21-11/h2-5,8-9H,6-7H2,1H3. The predicted octanol–water partition coefficient (Wildman–Crippen LogP) is 6.06. The average Bonchev–Trinajstić information content (AvgIpc) is 2.99. The first-order valence-electron chi connectivity index (χ1n) is 6.58. The summed E-state index contributed by atoms with van der Waals surface area (Å²) in [4.78, 5) is 5.94. The number of aryl methyl sites for hydroxylation is 2. The van der Waals surface area contributed by atoms with Gasteiger partial charge in [-0.15, -0.1) is 22.9 Å². The molecule has 0 fully saturated rings. The van der Waals surface area contributed by atoms with E-state index in [0.717, 1.165) is 38.6 Å². The average molecular weight is 404 g/mol. The lowest BCUT2D eigenvalue weighted by atomic mass is 10.3. The summed E-state index contributed by atoms with van der Waals surface area (Å²) in [6.07, 6.45) is 0.926. The Kier molecular flexibility index (Phi) is 4.60. The third-order valence-electron chi connectivity index (χ3n) is 3.31. The smallest absolute Gasteiger partial charge is 0.127 e. The van der Waals surface area contributed by atoms with Crippen LogP contribution in [0.5, 0.6) is 0 Å². The van der Waals surface area contributed by atoms with Crippen molar-refractivity contribution >= 4 is 61.5 Å². The van der Waals surface area contributed by atoms with Crippen LogP contribution in [0.2, 0.25) is 4.34 Å². The Morgan fingerprint density at radius 2 is 2.14 bits per heavy atom. The van der Waals surface area contributed by atoms with Crippen molar-refractivity contribution in [3.63, 3.8) is 0 Å². The van der Waals surface area contributed by atoms with Crippen LogP contribution in [-0.2, 0) is 13.0 Å². The molecule has 110 valence electrons. The molecule has 0 amide bonds. The van der Waals surface area contributed by atoms with Crippen LogP contribution in [-0.4, -0.2) is 9.55 Å². The molecule has 3 aromatic rings. The van der Waals surface area contributed by atoms with Crippen LogP contribution < -0.4 is 0 Å². The molecular formula is C15H13BrCl2N2S. The second-order valence-electron chi connectivity index (χ2n) is 4.83. The molecule has 0 radical (unpaired) electrons. The Morgan fingerprint density at radius 1 is 1.33 bits per heavy atom. The third-order valence-corrected chi connectivity index (χ3v) is 5.29. The number of aromatic nitrogens is 2. The zero-order chi connectivity index (χ0) is 15.0. The van der Waals surface area contributed by atoms with Gasteiger partial charge in [0.05, 0.1) is 20.7 Å². The number of fused-ring (bicyclic) bond motifs is 1. The molecule has 0 saturated carbocycles. The van der Waals surface area contributed by atoms with E-state index in [-0.39, 0.29) is 5.38 Å². The Morgan fingerprint density at radius 3 is 2.81 bits per heavy atom. The van der Waals surface area contributed by atoms with E-state index in [2.05, 4.69) is 37.6 Å². The van der Waals surface area contributed by atoms with Crippen LogP contribution in [0.4, 0.5) is 0 Å². The van der Waals surface area contributed by atoms with Crippen LogP contribution >= 0.6 is 50.5 Å². The largest absolute Gasteiger partial charge is 0.326 e. The molecule has 6 heteroatoms. The summed E-state index contributed by atoms with van der Waals surface area (Å²) >= 11 is 17.4. The topological polar surface area (TPSA) is 17.8 Å². The molecule has 0 N–H and O–H groups in total. The van der Waals surface area contributed by atoms with E-state index in [1.54, 1.807) is 11.3 Å². The molecule has 0 aliphatic carbocycles. The zero-order valence-corrected chi connectivity index (χ0v) is 15.2. The molecule has 0 aliphatic heterocycles. The lowest BCUT2D eigenvalue weighted by molar-refractivity contribution is 0.672. The van der Waals surface area contributed by atoms with E-state index in [0.29, 0.717) is 0 Å². The Balaban J connectivity index is 1.97. The van der Waals surface area contributed by atoms with Crippen molar-refractivity contribution in [1.29, 1.82) is 0 Å². The highest BCUT2D eigenvalue weighted by Crippen LogP contribution is 2.28. The van der Waals surface area contributed by atoms with E-state index in [4.69, 9.17) is 23.2 Å². The number of halogens is 3. The van der Waals surface area contributed by atoms with Gasteiger partial charge < -0.3 is 4.57 Å². The fraction of sp³-hybridized carbons (Fsp3) is 0.267. The molecule has 2 aromatic heterocycles. The summed E-state index contributed by atoms with van der Waals surface area (Å²) in [5.74, 6) is 0.910. The fourth-order valence-electron chi connectivity index (χ4n) is 2.37. The van der Waals surface area contributed by atoms with Crippen LogP contribution in [0.3, 0.4) is 0 Å². The van der Waals surface area contributed by atoms with Gasteiger partial charge in [-0.05, 0) is 43.7 Å². The summed E-state index contributed by atoms with van der Waals surface area (Å²) in [5.41, 5.74) is 2.08. The van der Waals surface area contributed by atoms with Gasteiger partial charge in [-0.2, -0.15) is 0 Å². The molecular weight excluding hydrogens is 391 g/mol. The Bertz CT molecular complexity index is 779. The zero-order valence-electron chi connectivity index (χ0n) is 11.3. The lowest BCUT2D eigenvalue weighted by Crippen LogP contribution is -2.06. The van der Waals surface area contributed by atoms with Crippen molar-refractivity contribution < 1.29 is 0 Å². The van der Waals surface area contributed by atoms with Gasteiger partial charge in [0.2, 0.25) is 0 Å². The summed E-state index contributed by atoms with van der Waals surface area (Å²) < 4.78 is 4.06. The van der Waals surface area contributed by atoms with Crippen LogP contribution in [0, 0.1) is 0 Å². The van der Waals surface area contributed by atoms with Crippen molar-refractivity contribution in [3.05, 3.63) is 49.8 Å². The maximum Gasteiger partial charge on any atom is 0.127 e. The van der Waals surface area contributed by atoms with E-state index < -0.39 is 0 Å². The number of nitrogens with zero attached hydrogens (tertiary/aromatic N) is 2. The van der Waals surface area contributed by atoms with Gasteiger partial charge in [-0.25, -0.2) is 4.98 Å². The number of hydrogen-bond acceptors (Lipinski definition) is 2. The number of imidazole rings is 1. The molecule has 1 atom stereocenters. The quantitative estimate of drug-likeness (QED) is 0.484. The highest BCUT2D eigenvalue weighted by Gasteiger charge is 2.15. The molecule has 21 heavy (non-hydrogen) atoms. The summed E-state index contributed by atoms with van der Waals surface area (Å²) in [6.45, 7) is 2.80. The van der Waals surface area contributed by atoms with Gasteiger partial charge in [0.1, 0.15) is 5.82 Å². The molecule has 1 aromatic carbocycles. The lowest BCUT2D eigenvalue weighted by Gasteiger charge is -2.09. The van der Waals surface area contributed by atoms with Gasteiger partial charge in [0.15, 0.2) is 0 Å². The van der Waals surface area contributed by atoms with Crippen molar-refractivity contribution in [3.8, 4) is 0 Å². The molecule has 0 saturated heterocycles. The minimum Gasteiger partial charge on any atom is -0.326 e. The van der Waals surface area contributed by atoms with Crippen LogP contribution in [0.1, 0.15) is 23.0 Å². The van der Waals surface area contributed by atoms with Gasteiger partial charge in [0, 0.05) is 15.9 Å². The first-order valence-corrected chi connectivity index (χ1v) is 9.01. The van der Waals surface area contributed by atoms with Crippen LogP contribution in [0.25, 0.3) is 11.0 Å². The van der Waals surface area contributed by atoms with Gasteiger partial charge in [-0.1, -0.05) is 27.5 Å². The first kappa shape index (κ1) is 15.3. The second kappa shape index (κ2) is 6.29. The predicted molar refractivity (Wildman–Crippen MR) is 94.7 cm³/mol. The summed E-state index contributed by atoms with van der Waals surface area (Å²) in [5, 5.41) is -0.122. The van der Waals surface area contributed by atoms with Crippen molar-refractivity contribution in [2.75, 3.05) is 0 Å². The van der Waals surface area contributed by atoms with Crippen molar-refractivity contribution in [1.82, 2.24) is 9.55 Å². The fourth-order valence-corrected chi connectivity index (χ4v) is 3.96. The monoisotopic (exact) mass is 402 g/mol. The maximum atomic E-state index is 6.29. The number of rotatable bonds is 4. The highest BCUT2D eigenvalue weighted by molar-refractivity contribution is 9.10. The third kappa shape index (κ3) is 3.29. The van der Waals surface area contributed by atoms with Crippen LogP contribution in [0.15, 0.2) is 34.8 Å². The molecule has 0 spiro atoms. The number of benzene rings is 1. The number of alkyl halides is 1. The van der Waals surface area contributed by atoms with E-state index in [1.807, 2.05) is 25.1 Å². The van der Waals surface area contributed by atoms with Gasteiger partial charge >= 0.3 is 0 Å². The maximum absolute atomic E-state index is 6.29. The number of thiophene rings is 1. The minimum atomic E-state index is -0.122. The van der Waals surface area contributed by atoms with E-state index >= 15 is 0 Å². The highest BCUT2D eigenvalue weighted by atomic mass is 79.9. The molecule has 1 unspecified atom stereocenters. The minimum absolute atomic E-state index is 0.122. The van der Waals surface area contributed by atoms with E-state index in [9.17, 15) is 0 Å². The number of hydrogen-bond donors (Lipinski definition) is 0. The SMILES string of the molecule is CC(Cl)c1nc2cc(Br)ccc2n1CCc1ccc(Cl)s1. The molecule has 3 rings (SSSR count). The molecule has 2 nitrogen and oxygen atoms in total. The Hall–Kier alpha value is -0.550.